The van der Waals surface area contributed by atoms with Gasteiger partial charge in [0.1, 0.15) is 5.76 Å². The number of hydrogen-bond acceptors (Lipinski definition) is 1. The molecule has 0 aliphatic rings. The van der Waals surface area contributed by atoms with Crippen molar-refractivity contribution >= 4 is 5.76 Å². The smallest absolute Gasteiger partial charge is 0.169 e. The van der Waals surface area contributed by atoms with Crippen molar-refractivity contribution in [3.63, 3.8) is 0 Å². The summed E-state index contributed by atoms with van der Waals surface area (Å²) in [6.07, 6.45) is 1.57. The van der Waals surface area contributed by atoms with Crippen LogP contribution in [0, 0.1) is 18.6 Å². The van der Waals surface area contributed by atoms with Gasteiger partial charge in [0.05, 0.1) is 12.2 Å². The Kier molecular flexibility index (Phi) is 3.63. The average Bonchev–Trinajstić information content (AvgIpc) is 2.19. The van der Waals surface area contributed by atoms with E-state index in [9.17, 15) is 8.78 Å². The SMILES string of the molecule is [CH2]COC(=CC)c1cccc(F)c1F. The fourth-order valence-corrected chi connectivity index (χ4v) is 1.12. The van der Waals surface area contributed by atoms with Gasteiger partial charge in [-0.05, 0) is 32.1 Å². The van der Waals surface area contributed by atoms with Crippen LogP contribution in [-0.4, -0.2) is 6.61 Å². The summed E-state index contributed by atoms with van der Waals surface area (Å²) in [4.78, 5) is 0. The lowest BCUT2D eigenvalue weighted by Crippen LogP contribution is -1.97. The predicted octanol–water partition coefficient (Wildman–Crippen LogP) is 3.18. The van der Waals surface area contributed by atoms with E-state index >= 15 is 0 Å². The molecule has 14 heavy (non-hydrogen) atoms. The van der Waals surface area contributed by atoms with Gasteiger partial charge >= 0.3 is 0 Å². The highest BCUT2D eigenvalue weighted by molar-refractivity contribution is 5.60. The van der Waals surface area contributed by atoms with E-state index in [-0.39, 0.29) is 12.2 Å². The first kappa shape index (κ1) is 10.7. The Morgan fingerprint density at radius 2 is 2.21 bits per heavy atom. The van der Waals surface area contributed by atoms with Crippen LogP contribution in [0.4, 0.5) is 8.78 Å². The molecule has 0 atom stereocenters. The van der Waals surface area contributed by atoms with Crippen molar-refractivity contribution in [1.82, 2.24) is 0 Å². The lowest BCUT2D eigenvalue weighted by atomic mass is 10.1. The number of ether oxygens (including phenoxy) is 1. The van der Waals surface area contributed by atoms with Gasteiger partial charge in [0.15, 0.2) is 11.6 Å². The van der Waals surface area contributed by atoms with Crippen molar-refractivity contribution in [1.29, 1.82) is 0 Å². The number of rotatable bonds is 3. The van der Waals surface area contributed by atoms with Gasteiger partial charge in [-0.3, -0.25) is 0 Å². The van der Waals surface area contributed by atoms with E-state index in [1.165, 1.54) is 12.1 Å². The molecule has 0 amide bonds. The van der Waals surface area contributed by atoms with Crippen molar-refractivity contribution in [3.05, 3.63) is 48.4 Å². The van der Waals surface area contributed by atoms with Crippen LogP contribution >= 0.6 is 0 Å². The Labute approximate surface area is 82.0 Å². The maximum Gasteiger partial charge on any atom is 0.169 e. The fraction of sp³-hybridized carbons (Fsp3) is 0.182. The molecule has 0 aromatic heterocycles. The second-order valence-electron chi connectivity index (χ2n) is 2.60. The van der Waals surface area contributed by atoms with Gasteiger partial charge in [0.25, 0.3) is 0 Å². The first-order valence-corrected chi connectivity index (χ1v) is 4.23. The fourth-order valence-electron chi connectivity index (χ4n) is 1.12. The van der Waals surface area contributed by atoms with Crippen molar-refractivity contribution < 1.29 is 13.5 Å². The third kappa shape index (κ3) is 2.10. The van der Waals surface area contributed by atoms with Crippen molar-refractivity contribution in [2.75, 3.05) is 6.61 Å². The molecule has 3 heteroatoms. The van der Waals surface area contributed by atoms with E-state index in [1.807, 2.05) is 0 Å². The Morgan fingerprint density at radius 1 is 1.50 bits per heavy atom. The maximum absolute atomic E-state index is 13.2. The molecule has 0 N–H and O–H groups in total. The number of halogens is 2. The van der Waals surface area contributed by atoms with E-state index in [0.29, 0.717) is 5.76 Å². The third-order valence-corrected chi connectivity index (χ3v) is 1.74. The highest BCUT2D eigenvalue weighted by atomic mass is 19.2. The topological polar surface area (TPSA) is 9.23 Å². The predicted molar refractivity (Wildman–Crippen MR) is 51.3 cm³/mol. The van der Waals surface area contributed by atoms with E-state index in [1.54, 1.807) is 13.0 Å². The van der Waals surface area contributed by atoms with E-state index in [0.717, 1.165) is 6.07 Å². The summed E-state index contributed by atoms with van der Waals surface area (Å²) in [6, 6.07) is 3.96. The van der Waals surface area contributed by atoms with Crippen molar-refractivity contribution in [2.45, 2.75) is 6.92 Å². The largest absolute Gasteiger partial charge is 0.493 e. The number of allylic oxidation sites excluding steroid dienone is 1. The van der Waals surface area contributed by atoms with E-state index in [4.69, 9.17) is 4.74 Å². The molecule has 1 rings (SSSR count). The molecule has 1 aromatic rings. The van der Waals surface area contributed by atoms with Crippen LogP contribution in [0.5, 0.6) is 0 Å². The molecule has 1 radical (unpaired) electrons. The van der Waals surface area contributed by atoms with Gasteiger partial charge < -0.3 is 4.74 Å². The summed E-state index contributed by atoms with van der Waals surface area (Å²) in [5, 5.41) is 0. The van der Waals surface area contributed by atoms with Gasteiger partial charge in [-0.2, -0.15) is 0 Å². The number of hydrogen-bond donors (Lipinski definition) is 0. The summed E-state index contributed by atoms with van der Waals surface area (Å²) in [7, 11) is 0. The molecule has 0 bridgehead atoms. The average molecular weight is 197 g/mol. The van der Waals surface area contributed by atoms with Crippen LogP contribution in [0.25, 0.3) is 5.76 Å². The van der Waals surface area contributed by atoms with Gasteiger partial charge in [-0.25, -0.2) is 8.78 Å². The Balaban J connectivity index is 3.11. The molecule has 0 saturated heterocycles. The van der Waals surface area contributed by atoms with Gasteiger partial charge in [0.2, 0.25) is 0 Å². The normalized spacial score (nSPS) is 11.6. The maximum atomic E-state index is 13.2. The van der Waals surface area contributed by atoms with Crippen LogP contribution in [0.15, 0.2) is 24.3 Å². The molecular formula is C11H11F2O. The standard InChI is InChI=1S/C11H11F2O/c1-3-10(14-4-2)8-6-5-7-9(12)11(8)13/h3,5-7H,2,4H2,1H3. The Hall–Kier alpha value is -1.38. The summed E-state index contributed by atoms with van der Waals surface area (Å²) in [6.45, 7) is 5.34. The first-order chi connectivity index (χ1) is 6.70. The molecule has 0 fully saturated rings. The van der Waals surface area contributed by atoms with E-state index in [2.05, 4.69) is 6.92 Å². The highest BCUT2D eigenvalue weighted by Gasteiger charge is 2.11. The van der Waals surface area contributed by atoms with Crippen LogP contribution in [0.2, 0.25) is 0 Å². The third-order valence-electron chi connectivity index (χ3n) is 1.74. The molecule has 0 aliphatic heterocycles. The molecule has 0 unspecified atom stereocenters. The molecule has 0 spiro atoms. The van der Waals surface area contributed by atoms with Crippen LogP contribution in [0.1, 0.15) is 12.5 Å². The molecule has 75 valence electrons. The van der Waals surface area contributed by atoms with Crippen LogP contribution in [-0.2, 0) is 4.74 Å². The summed E-state index contributed by atoms with van der Waals surface area (Å²) in [5.74, 6) is -1.47. The summed E-state index contributed by atoms with van der Waals surface area (Å²) < 4.78 is 31.1. The molecule has 0 heterocycles. The molecular weight excluding hydrogens is 186 g/mol. The quantitative estimate of drug-likeness (QED) is 0.676. The lowest BCUT2D eigenvalue weighted by Gasteiger charge is -2.09. The Morgan fingerprint density at radius 3 is 2.79 bits per heavy atom. The zero-order chi connectivity index (χ0) is 10.6. The van der Waals surface area contributed by atoms with E-state index < -0.39 is 11.6 Å². The zero-order valence-electron chi connectivity index (χ0n) is 7.89. The highest BCUT2D eigenvalue weighted by Crippen LogP contribution is 2.20. The van der Waals surface area contributed by atoms with Gasteiger partial charge in [-0.1, -0.05) is 6.07 Å². The number of benzene rings is 1. The monoisotopic (exact) mass is 197 g/mol. The van der Waals surface area contributed by atoms with Crippen molar-refractivity contribution in [2.24, 2.45) is 0 Å². The van der Waals surface area contributed by atoms with Gasteiger partial charge in [0, 0.05) is 0 Å². The summed E-state index contributed by atoms with van der Waals surface area (Å²) >= 11 is 0. The molecule has 0 saturated carbocycles. The second kappa shape index (κ2) is 4.74. The lowest BCUT2D eigenvalue weighted by molar-refractivity contribution is 0.314. The second-order valence-corrected chi connectivity index (χ2v) is 2.60. The van der Waals surface area contributed by atoms with Crippen LogP contribution < -0.4 is 0 Å². The minimum Gasteiger partial charge on any atom is -0.493 e. The molecule has 1 aromatic carbocycles. The minimum atomic E-state index is -0.894. The molecule has 0 aliphatic carbocycles. The first-order valence-electron chi connectivity index (χ1n) is 4.23. The molecule has 1 nitrogen and oxygen atoms in total. The van der Waals surface area contributed by atoms with Crippen molar-refractivity contribution in [3.8, 4) is 0 Å². The van der Waals surface area contributed by atoms with Gasteiger partial charge in [-0.15, -0.1) is 0 Å². The Bertz CT molecular complexity index is 345. The summed E-state index contributed by atoms with van der Waals surface area (Å²) in [5.41, 5.74) is 0.121. The zero-order valence-corrected chi connectivity index (χ0v) is 7.89. The minimum absolute atomic E-state index is 0.121. The van der Waals surface area contributed by atoms with Crippen LogP contribution in [0.3, 0.4) is 0 Å².